The highest BCUT2D eigenvalue weighted by atomic mass is 32.1. The van der Waals surface area contributed by atoms with E-state index in [0.717, 1.165) is 10.5 Å². The van der Waals surface area contributed by atoms with Crippen molar-refractivity contribution >= 4 is 46.6 Å². The van der Waals surface area contributed by atoms with Gasteiger partial charge in [0, 0.05) is 12.0 Å². The van der Waals surface area contributed by atoms with Gasteiger partial charge in [-0.1, -0.05) is 12.1 Å². The van der Waals surface area contributed by atoms with Crippen molar-refractivity contribution < 1.29 is 23.1 Å². The molecule has 0 atom stereocenters. The number of aryl methyl sites for hydroxylation is 1. The van der Waals surface area contributed by atoms with Crippen LogP contribution >= 0.6 is 12.2 Å². The Morgan fingerprint density at radius 2 is 1.86 bits per heavy atom. The number of fused-ring (bicyclic) bond motifs is 1. The zero-order valence-corrected chi connectivity index (χ0v) is 23.7. The molecule has 4 aromatic rings. The number of allylic oxidation sites excluding steroid dienone is 1. The summed E-state index contributed by atoms with van der Waals surface area (Å²) >= 11 is 5.29. The van der Waals surface area contributed by atoms with Crippen molar-refractivity contribution in [2.45, 2.75) is 32.7 Å². The van der Waals surface area contributed by atoms with Crippen LogP contribution in [0.2, 0.25) is 0 Å². The summed E-state index contributed by atoms with van der Waals surface area (Å²) in [5.41, 5.74) is 8.66. The number of nitrogens with one attached hydrogen (secondary N) is 1. The SMILES string of the molecule is Cc1cc(Oc2ccccc2F)ccc1-n1ncc(C(=O)C2=Cc3cc(F)c(N4C(=O)C(C)(C)NC4=S)cc3C2)c1N. The normalized spacial score (nSPS) is 15.5. The molecule has 0 radical (unpaired) electrons. The monoisotopic (exact) mass is 585 g/mol. The van der Waals surface area contributed by atoms with Crippen molar-refractivity contribution in [2.75, 3.05) is 10.6 Å². The van der Waals surface area contributed by atoms with Crippen molar-refractivity contribution in [2.24, 2.45) is 0 Å². The zero-order chi connectivity index (χ0) is 29.9. The van der Waals surface area contributed by atoms with E-state index in [1.165, 1.54) is 29.1 Å². The maximum absolute atomic E-state index is 15.2. The standard InChI is InChI=1S/C31H25F2N5O3S/c1-16-10-20(41-26-7-5-4-6-22(26)32)8-9-24(16)38-28(34)21(15-35-38)27(39)19-11-17-13-23(33)25(14-18(17)12-19)37-29(40)31(2,3)36-30(37)42/h4-11,13-15H,12,34H2,1-3H3,(H,36,42). The van der Waals surface area contributed by atoms with Gasteiger partial charge in [0.05, 0.1) is 23.1 Å². The number of thiocarbonyl (C=S) groups is 1. The number of ether oxygens (including phenoxy) is 1. The Bertz CT molecular complexity index is 1860. The number of benzene rings is 3. The fraction of sp³-hybridized carbons (Fsp3) is 0.161. The summed E-state index contributed by atoms with van der Waals surface area (Å²) in [6.07, 6.45) is 3.23. The summed E-state index contributed by atoms with van der Waals surface area (Å²) in [5, 5.41) is 7.37. The number of para-hydroxylation sites is 1. The first kappa shape index (κ1) is 27.3. The minimum absolute atomic E-state index is 0.0363. The van der Waals surface area contributed by atoms with Gasteiger partial charge in [-0.05, 0) is 98.2 Å². The first-order valence-electron chi connectivity index (χ1n) is 13.1. The maximum Gasteiger partial charge on any atom is 0.258 e. The van der Waals surface area contributed by atoms with E-state index in [-0.39, 0.29) is 46.0 Å². The highest BCUT2D eigenvalue weighted by molar-refractivity contribution is 7.80. The number of Topliss-reactive ketones (excluding diaryl/α,β-unsaturated/α-hetero) is 1. The molecule has 6 rings (SSSR count). The Hall–Kier alpha value is -4.90. The topological polar surface area (TPSA) is 102 Å². The number of nitrogen functional groups attached to an aromatic ring is 1. The predicted molar refractivity (Wildman–Crippen MR) is 159 cm³/mol. The molecule has 0 unspecified atom stereocenters. The summed E-state index contributed by atoms with van der Waals surface area (Å²) in [4.78, 5) is 27.5. The van der Waals surface area contributed by atoms with Crippen molar-refractivity contribution in [3.05, 3.63) is 100 Å². The summed E-state index contributed by atoms with van der Waals surface area (Å²) in [6, 6.07) is 14.1. The van der Waals surface area contributed by atoms with E-state index < -0.39 is 17.2 Å². The summed E-state index contributed by atoms with van der Waals surface area (Å²) < 4.78 is 36.3. The molecule has 42 heavy (non-hydrogen) atoms. The maximum atomic E-state index is 15.2. The number of amides is 1. The number of ketones is 1. The average Bonchev–Trinajstić information content (AvgIpc) is 3.58. The molecule has 11 heteroatoms. The van der Waals surface area contributed by atoms with Gasteiger partial charge in [-0.15, -0.1) is 0 Å². The van der Waals surface area contributed by atoms with Crippen molar-refractivity contribution in [1.82, 2.24) is 15.1 Å². The number of hydrogen-bond acceptors (Lipinski definition) is 6. The van der Waals surface area contributed by atoms with Crippen LogP contribution in [0.15, 0.2) is 66.4 Å². The second-order valence-electron chi connectivity index (χ2n) is 10.7. The van der Waals surface area contributed by atoms with E-state index in [1.807, 2.05) is 6.92 Å². The Balaban J connectivity index is 1.23. The molecule has 0 bridgehead atoms. The molecule has 1 aromatic heterocycles. The Labute approximate surface area is 245 Å². The fourth-order valence-electron chi connectivity index (χ4n) is 5.12. The van der Waals surface area contributed by atoms with Crippen LogP contribution in [-0.4, -0.2) is 32.1 Å². The molecular weight excluding hydrogens is 560 g/mol. The largest absolute Gasteiger partial charge is 0.454 e. The van der Waals surface area contributed by atoms with E-state index in [2.05, 4.69) is 10.4 Å². The van der Waals surface area contributed by atoms with E-state index in [9.17, 15) is 14.0 Å². The van der Waals surface area contributed by atoms with Crippen LogP contribution in [0.3, 0.4) is 0 Å². The van der Waals surface area contributed by atoms with Crippen LogP contribution in [-0.2, 0) is 11.2 Å². The molecule has 3 N–H and O–H groups in total. The van der Waals surface area contributed by atoms with E-state index >= 15 is 4.39 Å². The van der Waals surface area contributed by atoms with Gasteiger partial charge >= 0.3 is 0 Å². The van der Waals surface area contributed by atoms with Crippen LogP contribution in [0, 0.1) is 18.6 Å². The van der Waals surface area contributed by atoms with Gasteiger partial charge in [-0.25, -0.2) is 13.5 Å². The molecule has 1 amide bonds. The van der Waals surface area contributed by atoms with Crippen LogP contribution in [0.4, 0.5) is 20.3 Å². The first-order chi connectivity index (χ1) is 19.9. The lowest BCUT2D eigenvalue weighted by Crippen LogP contribution is -2.40. The van der Waals surface area contributed by atoms with Gasteiger partial charge in [0.25, 0.3) is 5.91 Å². The third-order valence-electron chi connectivity index (χ3n) is 7.32. The molecule has 2 heterocycles. The van der Waals surface area contributed by atoms with Crippen LogP contribution in [0.25, 0.3) is 11.8 Å². The quantitative estimate of drug-likeness (QED) is 0.223. The van der Waals surface area contributed by atoms with Crippen molar-refractivity contribution in [3.63, 3.8) is 0 Å². The van der Waals surface area contributed by atoms with Crippen LogP contribution in [0.5, 0.6) is 11.5 Å². The lowest BCUT2D eigenvalue weighted by Gasteiger charge is -2.18. The molecule has 1 aliphatic heterocycles. The fourth-order valence-corrected chi connectivity index (χ4v) is 5.55. The minimum Gasteiger partial charge on any atom is -0.454 e. The molecule has 1 saturated heterocycles. The summed E-state index contributed by atoms with van der Waals surface area (Å²) in [6.45, 7) is 5.17. The molecule has 1 fully saturated rings. The van der Waals surface area contributed by atoms with Crippen LogP contribution < -0.4 is 20.7 Å². The molecular formula is C31H25F2N5O3S. The van der Waals surface area contributed by atoms with Crippen molar-refractivity contribution in [1.29, 1.82) is 0 Å². The number of carbonyl (C=O) groups excluding carboxylic acids is 2. The molecule has 3 aromatic carbocycles. The third kappa shape index (κ3) is 4.51. The number of nitrogens with zero attached hydrogens (tertiary/aromatic N) is 3. The molecule has 8 nitrogen and oxygen atoms in total. The number of hydrogen-bond donors (Lipinski definition) is 2. The van der Waals surface area contributed by atoms with Gasteiger partial charge in [-0.3, -0.25) is 14.5 Å². The number of carbonyl (C=O) groups is 2. The van der Waals surface area contributed by atoms with Gasteiger partial charge < -0.3 is 15.8 Å². The lowest BCUT2D eigenvalue weighted by atomic mass is 10.0. The number of rotatable bonds is 6. The highest BCUT2D eigenvalue weighted by Gasteiger charge is 2.44. The molecule has 0 spiro atoms. The molecule has 0 saturated carbocycles. The van der Waals surface area contributed by atoms with Gasteiger partial charge in [0.1, 0.15) is 22.9 Å². The van der Waals surface area contributed by atoms with E-state index in [1.54, 1.807) is 56.3 Å². The van der Waals surface area contributed by atoms with E-state index in [4.69, 9.17) is 22.7 Å². The number of nitrogens with two attached hydrogens (primary N) is 1. The lowest BCUT2D eigenvalue weighted by molar-refractivity contribution is -0.121. The predicted octanol–water partition coefficient (Wildman–Crippen LogP) is 5.66. The Morgan fingerprint density at radius 1 is 1.10 bits per heavy atom. The summed E-state index contributed by atoms with van der Waals surface area (Å²) in [7, 11) is 0. The second kappa shape index (κ2) is 9.88. The Morgan fingerprint density at radius 3 is 2.55 bits per heavy atom. The van der Waals surface area contributed by atoms with Gasteiger partial charge in [-0.2, -0.15) is 5.10 Å². The number of anilines is 2. The Kier molecular flexibility index (Phi) is 6.42. The zero-order valence-electron chi connectivity index (χ0n) is 22.9. The van der Waals surface area contributed by atoms with E-state index in [0.29, 0.717) is 28.1 Å². The third-order valence-corrected chi connectivity index (χ3v) is 7.61. The average molecular weight is 586 g/mol. The first-order valence-corrected chi connectivity index (χ1v) is 13.5. The van der Waals surface area contributed by atoms with Crippen molar-refractivity contribution in [3.8, 4) is 17.2 Å². The molecule has 2 aliphatic rings. The van der Waals surface area contributed by atoms with Crippen LogP contribution in [0.1, 0.15) is 40.9 Å². The molecule has 1 aliphatic carbocycles. The molecule has 212 valence electrons. The smallest absolute Gasteiger partial charge is 0.258 e. The van der Waals surface area contributed by atoms with Gasteiger partial charge in [0.2, 0.25) is 0 Å². The number of aromatic nitrogens is 2. The summed E-state index contributed by atoms with van der Waals surface area (Å²) in [5.74, 6) is -1.14. The van der Waals surface area contributed by atoms with Gasteiger partial charge in [0.15, 0.2) is 22.5 Å². The highest BCUT2D eigenvalue weighted by Crippen LogP contribution is 2.36. The minimum atomic E-state index is -0.953. The second-order valence-corrected chi connectivity index (χ2v) is 11.1. The number of halogens is 2.